The van der Waals surface area contributed by atoms with Crippen LogP contribution in [0.5, 0.6) is 0 Å². The highest BCUT2D eigenvalue weighted by atomic mass is 16.3. The molecule has 0 amide bonds. The van der Waals surface area contributed by atoms with Crippen molar-refractivity contribution in [3.05, 3.63) is 60.2 Å². The topological polar surface area (TPSA) is 23.5 Å². The molecular formula is C18H21NO. The van der Waals surface area contributed by atoms with Crippen LogP contribution < -0.4 is 0 Å². The predicted molar refractivity (Wildman–Crippen MR) is 82.3 cm³/mol. The Kier molecular flexibility index (Phi) is 4.14. The van der Waals surface area contributed by atoms with Crippen molar-refractivity contribution in [1.29, 1.82) is 0 Å². The van der Waals surface area contributed by atoms with Gasteiger partial charge in [0.05, 0.1) is 0 Å². The normalized spacial score (nSPS) is 19.4. The number of benzene rings is 2. The van der Waals surface area contributed by atoms with Crippen molar-refractivity contribution >= 4 is 0 Å². The van der Waals surface area contributed by atoms with Gasteiger partial charge in [-0.15, -0.1) is 0 Å². The highest BCUT2D eigenvalue weighted by Crippen LogP contribution is 2.22. The lowest BCUT2D eigenvalue weighted by Crippen LogP contribution is -2.20. The van der Waals surface area contributed by atoms with Gasteiger partial charge in [-0.25, -0.2) is 0 Å². The number of hydrogen-bond donors (Lipinski definition) is 1. The van der Waals surface area contributed by atoms with Crippen LogP contribution in [0.15, 0.2) is 54.6 Å². The summed E-state index contributed by atoms with van der Waals surface area (Å²) in [6.07, 6.45) is 1.12. The second-order valence-electron chi connectivity index (χ2n) is 5.64. The first kappa shape index (κ1) is 13.3. The zero-order chi connectivity index (χ0) is 13.8. The predicted octanol–water partition coefficient (Wildman–Crippen LogP) is 3.17. The zero-order valence-electron chi connectivity index (χ0n) is 11.7. The van der Waals surface area contributed by atoms with E-state index in [1.165, 1.54) is 16.7 Å². The van der Waals surface area contributed by atoms with E-state index in [1.54, 1.807) is 0 Å². The molecule has 1 atom stereocenters. The van der Waals surface area contributed by atoms with E-state index in [0.717, 1.165) is 26.1 Å². The van der Waals surface area contributed by atoms with Crippen molar-refractivity contribution in [2.75, 3.05) is 19.7 Å². The Hall–Kier alpha value is -1.64. The molecular weight excluding hydrogens is 246 g/mol. The molecule has 104 valence electrons. The first-order chi connectivity index (χ1) is 9.85. The molecule has 1 aliphatic rings. The van der Waals surface area contributed by atoms with Gasteiger partial charge < -0.3 is 5.11 Å². The van der Waals surface area contributed by atoms with E-state index >= 15 is 0 Å². The molecule has 2 heteroatoms. The summed E-state index contributed by atoms with van der Waals surface area (Å²) in [6, 6.07) is 19.3. The van der Waals surface area contributed by atoms with Gasteiger partial charge in [0.25, 0.3) is 0 Å². The number of nitrogens with zero attached hydrogens (tertiary/aromatic N) is 1. The molecule has 1 N–H and O–H groups in total. The van der Waals surface area contributed by atoms with Crippen molar-refractivity contribution in [1.82, 2.24) is 4.90 Å². The van der Waals surface area contributed by atoms with Gasteiger partial charge in [0.2, 0.25) is 0 Å². The van der Waals surface area contributed by atoms with Crippen LogP contribution in [0.1, 0.15) is 12.0 Å². The second kappa shape index (κ2) is 6.21. The summed E-state index contributed by atoms with van der Waals surface area (Å²) in [6.45, 7) is 3.42. The summed E-state index contributed by atoms with van der Waals surface area (Å²) in [4.78, 5) is 2.44. The van der Waals surface area contributed by atoms with Crippen molar-refractivity contribution in [3.63, 3.8) is 0 Å². The SMILES string of the molecule is OCC1CCN(Cc2cccc(-c3ccccc3)c2)C1. The second-order valence-corrected chi connectivity index (χ2v) is 5.64. The Morgan fingerprint density at radius 2 is 1.80 bits per heavy atom. The van der Waals surface area contributed by atoms with E-state index in [-0.39, 0.29) is 0 Å². The van der Waals surface area contributed by atoms with E-state index < -0.39 is 0 Å². The Balaban J connectivity index is 1.72. The number of aliphatic hydroxyl groups excluding tert-OH is 1. The van der Waals surface area contributed by atoms with Crippen LogP contribution in [0.25, 0.3) is 11.1 Å². The fourth-order valence-corrected chi connectivity index (χ4v) is 2.94. The van der Waals surface area contributed by atoms with E-state index in [1.807, 2.05) is 6.07 Å². The molecule has 0 spiro atoms. The molecule has 1 saturated heterocycles. The van der Waals surface area contributed by atoms with E-state index in [2.05, 4.69) is 53.4 Å². The van der Waals surface area contributed by atoms with Crippen molar-refractivity contribution < 1.29 is 5.11 Å². The maximum absolute atomic E-state index is 9.22. The van der Waals surface area contributed by atoms with Gasteiger partial charge in [0.1, 0.15) is 0 Å². The highest BCUT2D eigenvalue weighted by Gasteiger charge is 2.21. The third-order valence-electron chi connectivity index (χ3n) is 4.07. The van der Waals surface area contributed by atoms with Gasteiger partial charge in [-0.1, -0.05) is 48.5 Å². The number of hydrogen-bond acceptors (Lipinski definition) is 2. The lowest BCUT2D eigenvalue weighted by molar-refractivity contribution is 0.220. The summed E-state index contributed by atoms with van der Waals surface area (Å²) in [5.74, 6) is 0.465. The number of rotatable bonds is 4. The van der Waals surface area contributed by atoms with E-state index in [9.17, 15) is 5.11 Å². The van der Waals surface area contributed by atoms with Crippen molar-refractivity contribution in [2.24, 2.45) is 5.92 Å². The van der Waals surface area contributed by atoms with Crippen molar-refractivity contribution in [3.8, 4) is 11.1 Å². The van der Waals surface area contributed by atoms with Gasteiger partial charge in [-0.3, -0.25) is 4.90 Å². The largest absolute Gasteiger partial charge is 0.396 e. The Morgan fingerprint density at radius 3 is 2.55 bits per heavy atom. The molecule has 2 aromatic carbocycles. The Bertz CT molecular complexity index is 552. The van der Waals surface area contributed by atoms with Crippen LogP contribution >= 0.6 is 0 Å². The van der Waals surface area contributed by atoms with Crippen LogP contribution in [-0.4, -0.2) is 29.7 Å². The summed E-state index contributed by atoms with van der Waals surface area (Å²) in [5, 5.41) is 9.22. The van der Waals surface area contributed by atoms with Crippen molar-refractivity contribution in [2.45, 2.75) is 13.0 Å². The molecule has 0 aromatic heterocycles. The van der Waals surface area contributed by atoms with Crippen LogP contribution in [0.2, 0.25) is 0 Å². The molecule has 0 saturated carbocycles. The lowest BCUT2D eigenvalue weighted by Gasteiger charge is -2.16. The Morgan fingerprint density at radius 1 is 1.00 bits per heavy atom. The molecule has 1 aliphatic heterocycles. The third-order valence-corrected chi connectivity index (χ3v) is 4.07. The first-order valence-corrected chi connectivity index (χ1v) is 7.33. The average molecular weight is 267 g/mol. The zero-order valence-corrected chi connectivity index (χ0v) is 11.7. The van der Waals surface area contributed by atoms with Crippen LogP contribution in [-0.2, 0) is 6.54 Å². The molecule has 1 heterocycles. The standard InChI is InChI=1S/C18H21NO/c20-14-16-9-10-19(13-16)12-15-5-4-8-18(11-15)17-6-2-1-3-7-17/h1-8,11,16,20H,9-10,12-14H2. The van der Waals surface area contributed by atoms with E-state index in [4.69, 9.17) is 0 Å². The minimum Gasteiger partial charge on any atom is -0.396 e. The summed E-state index contributed by atoms with van der Waals surface area (Å²) >= 11 is 0. The third kappa shape index (κ3) is 3.09. The van der Waals surface area contributed by atoms with Gasteiger partial charge in [-0.2, -0.15) is 0 Å². The smallest absolute Gasteiger partial charge is 0.0471 e. The molecule has 20 heavy (non-hydrogen) atoms. The molecule has 1 fully saturated rings. The fraction of sp³-hybridized carbons (Fsp3) is 0.333. The van der Waals surface area contributed by atoms with Gasteiger partial charge in [0.15, 0.2) is 0 Å². The maximum atomic E-state index is 9.22. The summed E-state index contributed by atoms with van der Waals surface area (Å²) in [5.41, 5.74) is 3.90. The van der Waals surface area contributed by atoms with Crippen LogP contribution in [0.3, 0.4) is 0 Å². The van der Waals surface area contributed by atoms with E-state index in [0.29, 0.717) is 12.5 Å². The lowest BCUT2D eigenvalue weighted by atomic mass is 10.0. The van der Waals surface area contributed by atoms with Gasteiger partial charge in [0, 0.05) is 19.7 Å². The molecule has 2 aromatic rings. The fourth-order valence-electron chi connectivity index (χ4n) is 2.94. The maximum Gasteiger partial charge on any atom is 0.0471 e. The van der Waals surface area contributed by atoms with Gasteiger partial charge in [-0.05, 0) is 41.6 Å². The van der Waals surface area contributed by atoms with Gasteiger partial charge >= 0.3 is 0 Å². The average Bonchev–Trinajstić information content (AvgIpc) is 2.96. The van der Waals surface area contributed by atoms with Crippen LogP contribution in [0.4, 0.5) is 0 Å². The quantitative estimate of drug-likeness (QED) is 0.919. The number of likely N-dealkylation sites (tertiary alicyclic amines) is 1. The molecule has 1 unspecified atom stereocenters. The minimum atomic E-state index is 0.320. The highest BCUT2D eigenvalue weighted by molar-refractivity contribution is 5.63. The summed E-state index contributed by atoms with van der Waals surface area (Å²) < 4.78 is 0. The first-order valence-electron chi connectivity index (χ1n) is 7.33. The molecule has 0 radical (unpaired) electrons. The molecule has 0 aliphatic carbocycles. The molecule has 0 bridgehead atoms. The summed E-state index contributed by atoms with van der Waals surface area (Å²) in [7, 11) is 0. The monoisotopic (exact) mass is 267 g/mol. The molecule has 3 rings (SSSR count). The Labute approximate surface area is 120 Å². The van der Waals surface area contributed by atoms with Crippen LogP contribution in [0, 0.1) is 5.92 Å². The minimum absolute atomic E-state index is 0.320. The molecule has 2 nitrogen and oxygen atoms in total. The number of aliphatic hydroxyl groups is 1.